The number of esters is 1. The number of likely N-dealkylation sites (tertiary alicyclic amines) is 1. The number of fused-ring (bicyclic) bond motifs is 1. The zero-order valence-corrected chi connectivity index (χ0v) is 23.9. The number of amides is 3. The number of hydrogen-bond acceptors (Lipinski definition) is 6. The second kappa shape index (κ2) is 13.5. The molecule has 0 unspecified atom stereocenters. The van der Waals surface area contributed by atoms with Gasteiger partial charge in [-0.3, -0.25) is 4.79 Å². The smallest absolute Gasteiger partial charge is 0.360 e. The third kappa shape index (κ3) is 7.22. The highest BCUT2D eigenvalue weighted by molar-refractivity contribution is 5.89. The first-order valence-corrected chi connectivity index (χ1v) is 14.3. The summed E-state index contributed by atoms with van der Waals surface area (Å²) in [7, 11) is 0. The molecule has 10 nitrogen and oxygen atoms in total. The molecule has 4 rings (SSSR count). The second-order valence-electron chi connectivity index (χ2n) is 10.8. The van der Waals surface area contributed by atoms with Crippen LogP contribution in [-0.4, -0.2) is 58.5 Å². The van der Waals surface area contributed by atoms with Crippen molar-refractivity contribution in [3.8, 4) is 0 Å². The maximum atomic E-state index is 13.8. The number of aryl methyl sites for hydroxylation is 1. The largest absolute Gasteiger partial charge is 0.461 e. The van der Waals surface area contributed by atoms with E-state index in [1.807, 2.05) is 44.3 Å². The molecular formula is C30H41N5O5. The highest BCUT2D eigenvalue weighted by Crippen LogP contribution is 2.26. The van der Waals surface area contributed by atoms with Crippen LogP contribution in [0.1, 0.15) is 86.6 Å². The fourth-order valence-corrected chi connectivity index (χ4v) is 5.16. The van der Waals surface area contributed by atoms with Crippen LogP contribution >= 0.6 is 0 Å². The summed E-state index contributed by atoms with van der Waals surface area (Å²) < 4.78 is 11.1. The summed E-state index contributed by atoms with van der Waals surface area (Å²) in [5.41, 5.74) is 2.02. The van der Waals surface area contributed by atoms with E-state index >= 15 is 0 Å². The molecule has 40 heavy (non-hydrogen) atoms. The summed E-state index contributed by atoms with van der Waals surface area (Å²) in [6.45, 7) is 9.01. The molecule has 0 aliphatic carbocycles. The van der Waals surface area contributed by atoms with Crippen LogP contribution in [0.4, 0.5) is 4.79 Å². The number of H-pyrrole nitrogens is 1. The standard InChI is InChI=1S/C30H41N5O5/c1-5-39-29(37)26-20(4)40-28(34-26)25(17-21-18-31-23-13-9-8-12-22(21)23)32-27(36)24(16-19(2)3)33-30(38)35-14-10-6-7-11-15-35/h8-9,12-13,18-19,24-25,31H,5-7,10-11,14-17H2,1-4H3,(H,32,36)(H,33,38)/t24-,25+/m0/s1. The lowest BCUT2D eigenvalue weighted by molar-refractivity contribution is -0.124. The number of rotatable bonds is 10. The second-order valence-corrected chi connectivity index (χ2v) is 10.8. The molecule has 0 spiro atoms. The van der Waals surface area contributed by atoms with Gasteiger partial charge in [0, 0.05) is 36.6 Å². The number of ether oxygens (including phenoxy) is 1. The number of nitrogens with one attached hydrogen (secondary N) is 3. The van der Waals surface area contributed by atoms with Crippen LogP contribution in [0.2, 0.25) is 0 Å². The Kier molecular flexibility index (Phi) is 9.84. The Bertz CT molecular complexity index is 1300. The van der Waals surface area contributed by atoms with Crippen molar-refractivity contribution in [2.45, 2.75) is 78.3 Å². The number of hydrogen-bond donors (Lipinski definition) is 3. The van der Waals surface area contributed by atoms with Crippen LogP contribution < -0.4 is 10.6 Å². The average molecular weight is 552 g/mol. The van der Waals surface area contributed by atoms with Gasteiger partial charge in [0.15, 0.2) is 5.69 Å². The van der Waals surface area contributed by atoms with Gasteiger partial charge in [0.05, 0.1) is 6.61 Å². The number of benzene rings is 1. The van der Waals surface area contributed by atoms with Crippen molar-refractivity contribution in [2.24, 2.45) is 5.92 Å². The quantitative estimate of drug-likeness (QED) is 0.303. The van der Waals surface area contributed by atoms with Gasteiger partial charge in [-0.15, -0.1) is 0 Å². The molecule has 0 bridgehead atoms. The van der Waals surface area contributed by atoms with Gasteiger partial charge in [0.25, 0.3) is 0 Å². The van der Waals surface area contributed by atoms with Crippen molar-refractivity contribution >= 4 is 28.8 Å². The monoisotopic (exact) mass is 551 g/mol. The van der Waals surface area contributed by atoms with Crippen LogP contribution in [0.5, 0.6) is 0 Å². The van der Waals surface area contributed by atoms with Crippen LogP contribution in [0.25, 0.3) is 10.9 Å². The Morgan fingerprint density at radius 2 is 1.82 bits per heavy atom. The molecule has 10 heteroatoms. The van der Waals surface area contributed by atoms with E-state index in [1.165, 1.54) is 0 Å². The minimum absolute atomic E-state index is 0.0863. The van der Waals surface area contributed by atoms with E-state index in [9.17, 15) is 14.4 Å². The predicted octanol–water partition coefficient (Wildman–Crippen LogP) is 5.04. The van der Waals surface area contributed by atoms with E-state index < -0.39 is 18.1 Å². The topological polar surface area (TPSA) is 130 Å². The van der Waals surface area contributed by atoms with E-state index in [2.05, 4.69) is 20.6 Å². The van der Waals surface area contributed by atoms with Crippen molar-refractivity contribution in [2.75, 3.05) is 19.7 Å². The van der Waals surface area contributed by atoms with E-state index in [0.717, 1.165) is 42.1 Å². The van der Waals surface area contributed by atoms with Crippen molar-refractivity contribution < 1.29 is 23.5 Å². The normalized spacial score (nSPS) is 15.5. The summed E-state index contributed by atoms with van der Waals surface area (Å²) >= 11 is 0. The first-order chi connectivity index (χ1) is 19.3. The number of para-hydroxylation sites is 1. The maximum absolute atomic E-state index is 13.8. The highest BCUT2D eigenvalue weighted by Gasteiger charge is 2.31. The van der Waals surface area contributed by atoms with Crippen LogP contribution in [0, 0.1) is 12.8 Å². The predicted molar refractivity (Wildman–Crippen MR) is 152 cm³/mol. The van der Waals surface area contributed by atoms with E-state index in [4.69, 9.17) is 9.15 Å². The fourth-order valence-electron chi connectivity index (χ4n) is 5.16. The zero-order chi connectivity index (χ0) is 28.6. The van der Waals surface area contributed by atoms with Crippen LogP contribution in [-0.2, 0) is 16.0 Å². The van der Waals surface area contributed by atoms with Gasteiger partial charge in [-0.25, -0.2) is 14.6 Å². The number of carbonyl (C=O) groups is 3. The van der Waals surface area contributed by atoms with E-state index in [-0.39, 0.29) is 36.0 Å². The van der Waals surface area contributed by atoms with Gasteiger partial charge in [0.1, 0.15) is 17.8 Å². The third-order valence-electron chi connectivity index (χ3n) is 7.21. The first-order valence-electron chi connectivity index (χ1n) is 14.3. The van der Waals surface area contributed by atoms with Gasteiger partial charge in [-0.05, 0) is 50.7 Å². The molecule has 3 N–H and O–H groups in total. The zero-order valence-electron chi connectivity index (χ0n) is 23.9. The molecule has 1 saturated heterocycles. The summed E-state index contributed by atoms with van der Waals surface area (Å²) in [4.78, 5) is 48.9. The summed E-state index contributed by atoms with van der Waals surface area (Å²) in [6, 6.07) is 6.27. The Morgan fingerprint density at radius 3 is 2.52 bits per heavy atom. The molecule has 1 aliphatic rings. The maximum Gasteiger partial charge on any atom is 0.360 e. The SMILES string of the molecule is CCOC(=O)c1nc([C@@H](Cc2c[nH]c3ccccc23)NC(=O)[C@H](CC(C)C)NC(=O)N2CCCCCC2)oc1C. The fraction of sp³-hybridized carbons (Fsp3) is 0.533. The number of carbonyl (C=O) groups excluding carboxylic acids is 3. The highest BCUT2D eigenvalue weighted by atomic mass is 16.5. The molecule has 1 aromatic carbocycles. The number of aromatic amines is 1. The minimum Gasteiger partial charge on any atom is -0.461 e. The molecule has 0 saturated carbocycles. The van der Waals surface area contributed by atoms with Gasteiger partial charge in [0.2, 0.25) is 11.8 Å². The number of oxazole rings is 1. The molecule has 1 aliphatic heterocycles. The molecule has 1 fully saturated rings. The average Bonchev–Trinajstić information content (AvgIpc) is 3.39. The minimum atomic E-state index is -0.734. The van der Waals surface area contributed by atoms with Crippen molar-refractivity contribution in [1.82, 2.24) is 25.5 Å². The van der Waals surface area contributed by atoms with Crippen molar-refractivity contribution in [3.05, 3.63) is 53.4 Å². The third-order valence-corrected chi connectivity index (χ3v) is 7.21. The van der Waals surface area contributed by atoms with Crippen LogP contribution in [0.3, 0.4) is 0 Å². The number of urea groups is 1. The summed E-state index contributed by atoms with van der Waals surface area (Å²) in [5.74, 6) is -0.197. The number of aromatic nitrogens is 2. The molecule has 3 amide bonds. The Hall–Kier alpha value is -3.82. The lowest BCUT2D eigenvalue weighted by atomic mass is 10.0. The van der Waals surface area contributed by atoms with E-state index in [0.29, 0.717) is 31.7 Å². The Morgan fingerprint density at radius 1 is 1.10 bits per heavy atom. The first kappa shape index (κ1) is 29.2. The van der Waals surface area contributed by atoms with Gasteiger partial charge < -0.3 is 29.7 Å². The molecule has 3 aromatic rings. The Labute approximate surface area is 235 Å². The summed E-state index contributed by atoms with van der Waals surface area (Å²) in [6.07, 6.45) is 6.90. The van der Waals surface area contributed by atoms with Crippen molar-refractivity contribution in [1.29, 1.82) is 0 Å². The van der Waals surface area contributed by atoms with Gasteiger partial charge in [-0.1, -0.05) is 44.9 Å². The molecule has 2 aromatic heterocycles. The lowest BCUT2D eigenvalue weighted by Gasteiger charge is -2.27. The lowest BCUT2D eigenvalue weighted by Crippen LogP contribution is -2.52. The van der Waals surface area contributed by atoms with E-state index in [1.54, 1.807) is 18.7 Å². The molecule has 216 valence electrons. The molecule has 0 radical (unpaired) electrons. The molecule has 3 heterocycles. The Balaban J connectivity index is 1.60. The molecular weight excluding hydrogens is 510 g/mol. The van der Waals surface area contributed by atoms with Crippen molar-refractivity contribution in [3.63, 3.8) is 0 Å². The van der Waals surface area contributed by atoms with Crippen LogP contribution in [0.15, 0.2) is 34.9 Å². The summed E-state index contributed by atoms with van der Waals surface area (Å²) in [5, 5.41) is 7.08. The molecule has 2 atom stereocenters. The van der Waals surface area contributed by atoms with Gasteiger partial charge >= 0.3 is 12.0 Å². The number of nitrogens with zero attached hydrogens (tertiary/aromatic N) is 2. The van der Waals surface area contributed by atoms with Gasteiger partial charge in [-0.2, -0.15) is 0 Å².